The van der Waals surface area contributed by atoms with Gasteiger partial charge >= 0.3 is 0 Å². The van der Waals surface area contributed by atoms with Gasteiger partial charge in [0.2, 0.25) is 0 Å². The third-order valence-electron chi connectivity index (χ3n) is 6.92. The Hall–Kier alpha value is -0.670. The molecule has 0 aromatic heterocycles. The Balaban J connectivity index is 1.81. The van der Waals surface area contributed by atoms with Crippen LogP contribution in [0.5, 0.6) is 0 Å². The molecule has 4 aliphatic rings. The van der Waals surface area contributed by atoms with Crippen LogP contribution < -0.4 is 0 Å². The van der Waals surface area contributed by atoms with E-state index in [2.05, 4.69) is 0 Å². The second kappa shape index (κ2) is 4.67. The Bertz CT molecular complexity index is 776. The van der Waals surface area contributed by atoms with E-state index >= 15 is 0 Å². The minimum absolute atomic E-state index is 0.0465. The zero-order chi connectivity index (χ0) is 21.1. The van der Waals surface area contributed by atoms with E-state index in [0.29, 0.717) is 19.3 Å². The highest BCUT2D eigenvalue weighted by Gasteiger charge is 2.60. The van der Waals surface area contributed by atoms with Gasteiger partial charge in [-0.2, -0.15) is 0 Å². The summed E-state index contributed by atoms with van der Waals surface area (Å²) < 4.78 is 49.5. The average molecular weight is 310 g/mol. The van der Waals surface area contributed by atoms with E-state index in [1.54, 1.807) is 6.08 Å². The third kappa shape index (κ3) is 1.78. The topological polar surface area (TPSA) is 57.5 Å². The van der Waals surface area contributed by atoms with Crippen molar-refractivity contribution in [1.82, 2.24) is 0 Å². The molecular formula is C19H28O3. The van der Waals surface area contributed by atoms with Crippen LogP contribution in [0.15, 0.2) is 11.6 Å². The minimum atomic E-state index is -2.88. The number of aliphatic hydroxyl groups is 2. The van der Waals surface area contributed by atoms with Crippen LogP contribution in [0.2, 0.25) is 0 Å². The van der Waals surface area contributed by atoms with Crippen molar-refractivity contribution in [2.75, 3.05) is 0 Å². The normalized spacial score (nSPS) is 69.5. The Kier molecular flexibility index (Phi) is 2.03. The first-order valence-corrected chi connectivity index (χ1v) is 8.23. The van der Waals surface area contributed by atoms with E-state index in [0.717, 1.165) is 0 Å². The molecule has 0 saturated heterocycles. The summed E-state index contributed by atoms with van der Waals surface area (Å²) in [6.07, 6.45) is -6.91. The first kappa shape index (κ1) is 9.58. The zero-order valence-electron chi connectivity index (χ0n) is 19.1. The number of allylic oxidation sites excluding steroid dienone is 1. The number of carbonyl (C=O) groups excluding carboxylic acids is 1. The van der Waals surface area contributed by atoms with Gasteiger partial charge in [0.05, 0.1) is 8.82 Å². The van der Waals surface area contributed by atoms with Gasteiger partial charge in [-0.25, -0.2) is 0 Å². The predicted molar refractivity (Wildman–Crippen MR) is 84.1 cm³/mol. The average Bonchev–Trinajstić information content (AvgIpc) is 2.72. The molecule has 0 aliphatic heterocycles. The van der Waals surface area contributed by atoms with Crippen LogP contribution in [0, 0.1) is 28.6 Å². The number of fused-ring (bicyclic) bond motifs is 5. The van der Waals surface area contributed by atoms with Gasteiger partial charge in [-0.1, -0.05) is 25.5 Å². The molecule has 0 spiro atoms. The van der Waals surface area contributed by atoms with Crippen LogP contribution in [0.3, 0.4) is 0 Å². The minimum Gasteiger partial charge on any atom is -0.393 e. The summed E-state index contributed by atoms with van der Waals surface area (Å²) in [5.41, 5.74) is -1.40. The first-order chi connectivity index (χ1) is 12.5. The molecule has 0 bridgehead atoms. The number of carbonyl (C=O) groups is 1. The van der Waals surface area contributed by atoms with Crippen molar-refractivity contribution in [3.05, 3.63) is 11.6 Å². The fraction of sp³-hybridized carbons (Fsp3) is 0.842. The molecule has 0 aromatic rings. The van der Waals surface area contributed by atoms with E-state index < -0.39 is 41.5 Å². The fourth-order valence-electron chi connectivity index (χ4n) is 5.56. The molecule has 0 unspecified atom stereocenters. The monoisotopic (exact) mass is 310 g/mol. The van der Waals surface area contributed by atoms with Gasteiger partial charge < -0.3 is 10.2 Å². The van der Waals surface area contributed by atoms with E-state index in [1.807, 2.05) is 13.8 Å². The lowest BCUT2D eigenvalue weighted by atomic mass is 9.48. The van der Waals surface area contributed by atoms with Crippen LogP contribution in [0.1, 0.15) is 66.9 Å². The van der Waals surface area contributed by atoms with Crippen LogP contribution in [0.25, 0.3) is 0 Å². The SMILES string of the molecule is [2H]C1([2H])C[C@@]2(C)C(=CC[C@@H]3[C@@H]2CC[C@]2(C)C(=O)[C@]([2H])(O)C[C@@H]32)C([2H])([2H])[C@@]1([2H])O. The molecule has 2 N–H and O–H groups in total. The van der Waals surface area contributed by atoms with Gasteiger partial charge in [0, 0.05) is 10.9 Å². The van der Waals surface area contributed by atoms with E-state index in [4.69, 9.17) is 8.22 Å². The van der Waals surface area contributed by atoms with Gasteiger partial charge in [0.15, 0.2) is 5.78 Å². The molecule has 3 fully saturated rings. The summed E-state index contributed by atoms with van der Waals surface area (Å²) in [7, 11) is 0. The molecule has 0 aromatic carbocycles. The summed E-state index contributed by atoms with van der Waals surface area (Å²) in [6.45, 7) is 3.62. The largest absolute Gasteiger partial charge is 0.393 e. The zero-order valence-corrected chi connectivity index (χ0v) is 13.1. The van der Waals surface area contributed by atoms with Crippen LogP contribution in [0.4, 0.5) is 0 Å². The molecule has 122 valence electrons. The molecule has 0 amide bonds. The maximum Gasteiger partial charge on any atom is 0.167 e. The highest BCUT2D eigenvalue weighted by atomic mass is 16.3. The quantitative estimate of drug-likeness (QED) is 0.676. The first-order valence-electron chi connectivity index (χ1n) is 11.2. The molecular weight excluding hydrogens is 276 g/mol. The van der Waals surface area contributed by atoms with Gasteiger partial charge in [-0.15, -0.1) is 0 Å². The van der Waals surface area contributed by atoms with Crippen LogP contribution >= 0.6 is 0 Å². The summed E-state index contributed by atoms with van der Waals surface area (Å²) >= 11 is 0. The van der Waals surface area contributed by atoms with Gasteiger partial charge in [-0.3, -0.25) is 4.79 Å². The maximum atomic E-state index is 12.7. The molecule has 0 heterocycles. The summed E-state index contributed by atoms with van der Waals surface area (Å²) in [5, 5.41) is 20.8. The Morgan fingerprint density at radius 2 is 2.05 bits per heavy atom. The van der Waals surface area contributed by atoms with E-state index in [1.165, 1.54) is 0 Å². The molecule has 3 nitrogen and oxygen atoms in total. The predicted octanol–water partition coefficient (Wildman–Crippen LogP) is 2.85. The lowest BCUT2D eigenvalue weighted by Crippen LogP contribution is -2.50. The number of hydrogen-bond donors (Lipinski definition) is 2. The summed E-state index contributed by atoms with van der Waals surface area (Å²) in [4.78, 5) is 12.7. The molecule has 4 rings (SSSR count). The molecule has 4 aliphatic carbocycles. The number of Topliss-reactive ketones (excluding diaryl/α,β-unsaturated/α-hetero) is 1. The standard InChI is InChI=1S/C19H28O3/c1-18-7-5-12(20)9-11(18)3-4-13-14(18)6-8-19(2)15(13)10-16(21)17(19)22/h3,12-16,20-21H,4-10H2,1-2H3/t12-,13+,14-,15-,16+,18-,19-/m0/s1/i5D2,9D2,12D,16D. The lowest BCUT2D eigenvalue weighted by molar-refractivity contribution is -0.136. The van der Waals surface area contributed by atoms with Crippen LogP contribution in [-0.2, 0) is 4.79 Å². The Morgan fingerprint density at radius 3 is 2.82 bits per heavy atom. The van der Waals surface area contributed by atoms with Crippen molar-refractivity contribution < 1.29 is 23.2 Å². The van der Waals surface area contributed by atoms with Crippen molar-refractivity contribution >= 4 is 5.78 Å². The Morgan fingerprint density at radius 1 is 1.27 bits per heavy atom. The smallest absolute Gasteiger partial charge is 0.167 e. The summed E-state index contributed by atoms with van der Waals surface area (Å²) in [6, 6.07) is 0. The van der Waals surface area contributed by atoms with Crippen molar-refractivity contribution in [3.8, 4) is 0 Å². The van der Waals surface area contributed by atoms with Gasteiger partial charge in [-0.05, 0) is 68.0 Å². The highest BCUT2D eigenvalue weighted by Crippen LogP contribution is 2.63. The lowest BCUT2D eigenvalue weighted by Gasteiger charge is -2.56. The molecule has 22 heavy (non-hydrogen) atoms. The van der Waals surface area contributed by atoms with E-state index in [9.17, 15) is 15.0 Å². The van der Waals surface area contributed by atoms with Gasteiger partial charge in [0.1, 0.15) is 6.08 Å². The van der Waals surface area contributed by atoms with Crippen molar-refractivity contribution in [1.29, 1.82) is 0 Å². The Labute approximate surface area is 141 Å². The van der Waals surface area contributed by atoms with Crippen molar-refractivity contribution in [3.63, 3.8) is 0 Å². The van der Waals surface area contributed by atoms with Crippen molar-refractivity contribution in [2.45, 2.75) is 70.9 Å². The van der Waals surface area contributed by atoms with Gasteiger partial charge in [0.25, 0.3) is 0 Å². The second-order valence-electron chi connectivity index (χ2n) is 7.91. The van der Waals surface area contributed by atoms with Crippen molar-refractivity contribution in [2.24, 2.45) is 28.6 Å². The number of hydrogen-bond acceptors (Lipinski definition) is 3. The molecule has 3 heteroatoms. The maximum absolute atomic E-state index is 12.7. The molecule has 7 atom stereocenters. The van der Waals surface area contributed by atoms with E-state index in [-0.39, 0.29) is 36.2 Å². The third-order valence-corrected chi connectivity index (χ3v) is 6.92. The fourth-order valence-corrected chi connectivity index (χ4v) is 5.56. The van der Waals surface area contributed by atoms with Crippen LogP contribution in [-0.4, -0.2) is 28.2 Å². The highest BCUT2D eigenvalue weighted by molar-refractivity contribution is 5.91. The summed E-state index contributed by atoms with van der Waals surface area (Å²) in [5.74, 6) is -0.865. The molecule has 3 saturated carbocycles. The number of rotatable bonds is 0. The molecule has 0 radical (unpaired) electrons. The second-order valence-corrected chi connectivity index (χ2v) is 7.91. The number of ketones is 1.